The molecule has 5 heteroatoms. The van der Waals surface area contributed by atoms with Crippen molar-refractivity contribution in [2.75, 3.05) is 18.8 Å². The van der Waals surface area contributed by atoms with Gasteiger partial charge in [-0.3, -0.25) is 4.79 Å². The van der Waals surface area contributed by atoms with Gasteiger partial charge in [0.1, 0.15) is 0 Å². The zero-order valence-electron chi connectivity index (χ0n) is 11.4. The lowest BCUT2D eigenvalue weighted by atomic mass is 10.2. The Morgan fingerprint density at radius 1 is 1.20 bits per heavy atom. The van der Waals surface area contributed by atoms with E-state index in [2.05, 4.69) is 11.1 Å². The molecule has 1 aromatic carbocycles. The molecule has 0 spiro atoms. The minimum atomic E-state index is 0.260. The summed E-state index contributed by atoms with van der Waals surface area (Å²) in [5.74, 6) is 0.774. The van der Waals surface area contributed by atoms with Crippen molar-refractivity contribution < 1.29 is 4.79 Å². The number of likely N-dealkylation sites (tertiary alicyclic amines) is 1. The third-order valence-electron chi connectivity index (χ3n) is 3.55. The van der Waals surface area contributed by atoms with Crippen molar-refractivity contribution in [1.29, 1.82) is 0 Å². The van der Waals surface area contributed by atoms with E-state index in [4.69, 9.17) is 0 Å². The summed E-state index contributed by atoms with van der Waals surface area (Å²) in [6, 6.07) is 8.12. The average molecular weight is 306 g/mol. The van der Waals surface area contributed by atoms with E-state index in [1.54, 1.807) is 23.1 Å². The molecule has 1 aromatic heterocycles. The van der Waals surface area contributed by atoms with Crippen LogP contribution in [-0.2, 0) is 4.79 Å². The highest BCUT2D eigenvalue weighted by atomic mass is 32.2. The number of hydrogen-bond acceptors (Lipinski definition) is 4. The standard InChI is InChI=1S/C15H18N2OS2/c18-14(17-9-5-1-2-6-10-17)11-19-15-16-12-7-3-4-8-13(12)20-15/h3-4,7-8H,1-2,5-6,9-11H2. The molecule has 3 rings (SSSR count). The molecule has 0 aliphatic carbocycles. The normalized spacial score (nSPS) is 16.3. The van der Waals surface area contributed by atoms with Gasteiger partial charge in [0.25, 0.3) is 0 Å². The lowest BCUT2D eigenvalue weighted by Gasteiger charge is -2.19. The van der Waals surface area contributed by atoms with Gasteiger partial charge in [-0.05, 0) is 25.0 Å². The van der Waals surface area contributed by atoms with Crippen molar-refractivity contribution in [2.24, 2.45) is 0 Å². The van der Waals surface area contributed by atoms with Crippen molar-refractivity contribution in [1.82, 2.24) is 9.88 Å². The third kappa shape index (κ3) is 3.33. The first-order valence-corrected chi connectivity index (χ1v) is 8.89. The molecular formula is C15H18N2OS2. The second kappa shape index (κ2) is 6.59. The smallest absolute Gasteiger partial charge is 0.233 e. The van der Waals surface area contributed by atoms with Gasteiger partial charge in [-0.25, -0.2) is 4.98 Å². The van der Waals surface area contributed by atoms with Crippen LogP contribution in [0.4, 0.5) is 0 Å². The summed E-state index contributed by atoms with van der Waals surface area (Å²) in [5.41, 5.74) is 1.03. The number of thioether (sulfide) groups is 1. The van der Waals surface area contributed by atoms with Gasteiger partial charge in [-0.15, -0.1) is 11.3 Å². The molecule has 1 amide bonds. The number of aromatic nitrogens is 1. The zero-order valence-corrected chi connectivity index (χ0v) is 13.0. The maximum atomic E-state index is 12.2. The molecule has 0 unspecified atom stereocenters. The third-order valence-corrected chi connectivity index (χ3v) is 5.72. The van der Waals surface area contributed by atoms with Crippen molar-refractivity contribution in [2.45, 2.75) is 30.0 Å². The SMILES string of the molecule is O=C(CSc1nc2ccccc2s1)N1CCCCCC1. The Bertz CT molecular complexity index is 555. The van der Waals surface area contributed by atoms with Gasteiger partial charge in [0.2, 0.25) is 5.91 Å². The fraction of sp³-hybridized carbons (Fsp3) is 0.467. The van der Waals surface area contributed by atoms with Gasteiger partial charge in [-0.1, -0.05) is 36.7 Å². The monoisotopic (exact) mass is 306 g/mol. The maximum Gasteiger partial charge on any atom is 0.233 e. The predicted molar refractivity (Wildman–Crippen MR) is 85.4 cm³/mol. The number of para-hydroxylation sites is 1. The minimum absolute atomic E-state index is 0.260. The Balaban J connectivity index is 1.59. The van der Waals surface area contributed by atoms with E-state index in [1.807, 2.05) is 23.1 Å². The summed E-state index contributed by atoms with van der Waals surface area (Å²) < 4.78 is 2.19. The summed E-state index contributed by atoms with van der Waals surface area (Å²) in [4.78, 5) is 18.8. The molecule has 0 N–H and O–H groups in total. The zero-order chi connectivity index (χ0) is 13.8. The molecule has 3 nitrogen and oxygen atoms in total. The first-order valence-electron chi connectivity index (χ1n) is 7.09. The van der Waals surface area contributed by atoms with Gasteiger partial charge in [-0.2, -0.15) is 0 Å². The van der Waals surface area contributed by atoms with Crippen molar-refractivity contribution in [3.05, 3.63) is 24.3 Å². The number of amides is 1. The molecule has 0 atom stereocenters. The molecule has 20 heavy (non-hydrogen) atoms. The quantitative estimate of drug-likeness (QED) is 0.809. The fourth-order valence-electron chi connectivity index (χ4n) is 2.45. The summed E-state index contributed by atoms with van der Waals surface area (Å²) in [6.07, 6.45) is 4.82. The average Bonchev–Trinajstić information content (AvgIpc) is 2.69. The minimum Gasteiger partial charge on any atom is -0.342 e. The molecule has 0 bridgehead atoms. The highest BCUT2D eigenvalue weighted by molar-refractivity contribution is 8.01. The number of carbonyl (C=O) groups excluding carboxylic acids is 1. The highest BCUT2D eigenvalue weighted by Crippen LogP contribution is 2.29. The van der Waals surface area contributed by atoms with Crippen LogP contribution in [0.1, 0.15) is 25.7 Å². The Morgan fingerprint density at radius 3 is 2.70 bits per heavy atom. The largest absolute Gasteiger partial charge is 0.342 e. The lowest BCUT2D eigenvalue weighted by Crippen LogP contribution is -2.33. The molecule has 1 aliphatic rings. The van der Waals surface area contributed by atoms with E-state index < -0.39 is 0 Å². The van der Waals surface area contributed by atoms with Crippen LogP contribution in [0.2, 0.25) is 0 Å². The van der Waals surface area contributed by atoms with Crippen LogP contribution >= 0.6 is 23.1 Å². The first-order chi connectivity index (χ1) is 9.83. The van der Waals surface area contributed by atoms with E-state index in [1.165, 1.54) is 17.5 Å². The second-order valence-corrected chi connectivity index (χ2v) is 7.28. The van der Waals surface area contributed by atoms with Crippen LogP contribution in [0.5, 0.6) is 0 Å². The molecule has 2 aromatic rings. The van der Waals surface area contributed by atoms with E-state index in [-0.39, 0.29) is 5.91 Å². The van der Waals surface area contributed by atoms with Crippen LogP contribution in [0.15, 0.2) is 28.6 Å². The molecule has 106 valence electrons. The van der Waals surface area contributed by atoms with Crippen LogP contribution in [0.3, 0.4) is 0 Å². The van der Waals surface area contributed by atoms with E-state index in [9.17, 15) is 4.79 Å². The van der Waals surface area contributed by atoms with Crippen LogP contribution < -0.4 is 0 Å². The first kappa shape index (κ1) is 13.9. The van der Waals surface area contributed by atoms with Gasteiger partial charge in [0.05, 0.1) is 16.0 Å². The van der Waals surface area contributed by atoms with Crippen molar-refractivity contribution >= 4 is 39.2 Å². The van der Waals surface area contributed by atoms with Crippen molar-refractivity contribution in [3.63, 3.8) is 0 Å². The summed E-state index contributed by atoms with van der Waals surface area (Å²) in [6.45, 7) is 1.86. The number of nitrogens with zero attached hydrogens (tertiary/aromatic N) is 2. The molecule has 0 radical (unpaired) electrons. The summed E-state index contributed by atoms with van der Waals surface area (Å²) >= 11 is 3.24. The van der Waals surface area contributed by atoms with Crippen LogP contribution in [0, 0.1) is 0 Å². The van der Waals surface area contributed by atoms with Gasteiger partial charge >= 0.3 is 0 Å². The highest BCUT2D eigenvalue weighted by Gasteiger charge is 2.16. The van der Waals surface area contributed by atoms with E-state index >= 15 is 0 Å². The fourth-order valence-corrected chi connectivity index (χ4v) is 4.42. The Morgan fingerprint density at radius 2 is 1.95 bits per heavy atom. The van der Waals surface area contributed by atoms with Crippen LogP contribution in [-0.4, -0.2) is 34.6 Å². The Kier molecular flexibility index (Phi) is 4.58. The number of benzene rings is 1. The number of rotatable bonds is 3. The predicted octanol–water partition coefficient (Wildman–Crippen LogP) is 3.79. The molecule has 0 saturated carbocycles. The van der Waals surface area contributed by atoms with E-state index in [0.717, 1.165) is 35.8 Å². The number of fused-ring (bicyclic) bond motifs is 1. The molecule has 1 saturated heterocycles. The Hall–Kier alpha value is -1.07. The number of hydrogen-bond donors (Lipinski definition) is 0. The van der Waals surface area contributed by atoms with Gasteiger partial charge in [0, 0.05) is 13.1 Å². The topological polar surface area (TPSA) is 33.2 Å². The summed E-state index contributed by atoms with van der Waals surface area (Å²) in [7, 11) is 0. The van der Waals surface area contributed by atoms with Crippen molar-refractivity contribution in [3.8, 4) is 0 Å². The van der Waals surface area contributed by atoms with Gasteiger partial charge in [0.15, 0.2) is 4.34 Å². The van der Waals surface area contributed by atoms with Crippen LogP contribution in [0.25, 0.3) is 10.2 Å². The lowest BCUT2D eigenvalue weighted by molar-refractivity contribution is -0.128. The second-order valence-electron chi connectivity index (χ2n) is 5.03. The number of carbonyl (C=O) groups is 1. The summed E-state index contributed by atoms with van der Waals surface area (Å²) in [5, 5.41) is 0. The number of thiazole rings is 1. The molecule has 1 fully saturated rings. The Labute approximate surface area is 127 Å². The van der Waals surface area contributed by atoms with E-state index in [0.29, 0.717) is 5.75 Å². The van der Waals surface area contributed by atoms with Gasteiger partial charge < -0.3 is 4.90 Å². The molecule has 1 aliphatic heterocycles. The maximum absolute atomic E-state index is 12.2. The molecular weight excluding hydrogens is 288 g/mol. The molecule has 2 heterocycles.